The summed E-state index contributed by atoms with van der Waals surface area (Å²) in [6, 6.07) is 3.02. The lowest BCUT2D eigenvalue weighted by molar-refractivity contribution is -0.387. The van der Waals surface area contributed by atoms with Crippen LogP contribution in [0.15, 0.2) is 32.9 Å². The zero-order valence-electron chi connectivity index (χ0n) is 15.5. The second-order valence-electron chi connectivity index (χ2n) is 6.09. The van der Waals surface area contributed by atoms with Crippen LogP contribution in [0, 0.1) is 15.9 Å². The van der Waals surface area contributed by atoms with E-state index in [4.69, 9.17) is 0 Å². The first-order valence-corrected chi connectivity index (χ1v) is 9.09. The Kier molecular flexibility index (Phi) is 5.24. The van der Waals surface area contributed by atoms with Gasteiger partial charge < -0.3 is 9.88 Å². The van der Waals surface area contributed by atoms with Gasteiger partial charge >= 0.3 is 11.4 Å². The number of aromatic nitrogens is 4. The molecule has 0 spiro atoms. The fraction of sp³-hybridized carbons (Fsp3) is 0.250. The Hall–Kier alpha value is -3.48. The predicted octanol–water partition coefficient (Wildman–Crippen LogP) is 0.749. The summed E-state index contributed by atoms with van der Waals surface area (Å²) >= 11 is 1.01. The van der Waals surface area contributed by atoms with Crippen LogP contribution in [0.4, 0.5) is 15.8 Å². The second kappa shape index (κ2) is 7.50. The third-order valence-corrected chi connectivity index (χ3v) is 5.21. The molecule has 0 fully saturated rings. The summed E-state index contributed by atoms with van der Waals surface area (Å²) in [5.74, 6) is -1.64. The van der Waals surface area contributed by atoms with Crippen molar-refractivity contribution in [3.05, 3.63) is 55.0 Å². The molecule has 29 heavy (non-hydrogen) atoms. The number of nitro groups is 1. The van der Waals surface area contributed by atoms with Gasteiger partial charge in [-0.25, -0.2) is 9.78 Å². The molecule has 2 aromatic heterocycles. The van der Waals surface area contributed by atoms with Crippen LogP contribution in [0.2, 0.25) is 0 Å². The van der Waals surface area contributed by atoms with E-state index in [-0.39, 0.29) is 17.0 Å². The number of imidazole rings is 1. The van der Waals surface area contributed by atoms with Gasteiger partial charge in [0.25, 0.3) is 5.56 Å². The molecule has 1 aromatic carbocycles. The van der Waals surface area contributed by atoms with Gasteiger partial charge in [-0.3, -0.25) is 28.8 Å². The van der Waals surface area contributed by atoms with Gasteiger partial charge in [0.2, 0.25) is 11.7 Å². The van der Waals surface area contributed by atoms with E-state index in [0.29, 0.717) is 10.8 Å². The molecule has 1 N–H and O–H groups in total. The number of rotatable bonds is 5. The molecule has 0 aliphatic rings. The number of carbonyl (C=O) groups excluding carboxylic acids is 1. The van der Waals surface area contributed by atoms with Gasteiger partial charge in [-0.05, 0) is 12.1 Å². The van der Waals surface area contributed by atoms with Crippen LogP contribution < -0.4 is 16.6 Å². The van der Waals surface area contributed by atoms with Gasteiger partial charge in [0.15, 0.2) is 16.3 Å². The van der Waals surface area contributed by atoms with E-state index >= 15 is 0 Å². The molecule has 0 saturated carbocycles. The number of thioether (sulfide) groups is 1. The average molecular weight is 422 g/mol. The molecule has 11 nitrogen and oxygen atoms in total. The largest absolute Gasteiger partial charge is 0.332 e. The van der Waals surface area contributed by atoms with E-state index < -0.39 is 33.6 Å². The number of aryl methyl sites for hydroxylation is 2. The van der Waals surface area contributed by atoms with E-state index in [9.17, 15) is 28.9 Å². The fourth-order valence-electron chi connectivity index (χ4n) is 2.75. The number of fused-ring (bicyclic) bond motifs is 1. The van der Waals surface area contributed by atoms with Crippen molar-refractivity contribution < 1.29 is 14.1 Å². The maximum absolute atomic E-state index is 13.4. The molecule has 0 aliphatic heterocycles. The second-order valence-corrected chi connectivity index (χ2v) is 7.03. The molecule has 3 aromatic rings. The van der Waals surface area contributed by atoms with Gasteiger partial charge in [-0.2, -0.15) is 4.39 Å². The van der Waals surface area contributed by atoms with Crippen molar-refractivity contribution in [3.8, 4) is 0 Å². The highest BCUT2D eigenvalue weighted by molar-refractivity contribution is 7.99. The van der Waals surface area contributed by atoms with Crippen molar-refractivity contribution in [2.75, 3.05) is 11.1 Å². The van der Waals surface area contributed by atoms with Crippen molar-refractivity contribution in [2.45, 2.75) is 5.16 Å². The first-order valence-electron chi connectivity index (χ1n) is 8.10. The topological polar surface area (TPSA) is 134 Å². The van der Waals surface area contributed by atoms with E-state index in [1.54, 1.807) is 7.05 Å². The molecule has 0 unspecified atom stereocenters. The number of carbonyl (C=O) groups is 1. The van der Waals surface area contributed by atoms with E-state index in [1.807, 2.05) is 0 Å². The van der Waals surface area contributed by atoms with Gasteiger partial charge in [0, 0.05) is 32.9 Å². The minimum atomic E-state index is -1.01. The van der Waals surface area contributed by atoms with E-state index in [2.05, 4.69) is 10.3 Å². The maximum atomic E-state index is 13.4. The fourth-order valence-corrected chi connectivity index (χ4v) is 3.51. The summed E-state index contributed by atoms with van der Waals surface area (Å²) in [5.41, 5.74) is -1.32. The minimum absolute atomic E-state index is 0.0740. The quantitative estimate of drug-likeness (QED) is 0.364. The number of anilines is 1. The number of hydrogen-bond acceptors (Lipinski definition) is 7. The lowest BCUT2D eigenvalue weighted by Crippen LogP contribution is -2.37. The summed E-state index contributed by atoms with van der Waals surface area (Å²) < 4.78 is 17.1. The van der Waals surface area contributed by atoms with Gasteiger partial charge in [0.1, 0.15) is 0 Å². The zero-order valence-corrected chi connectivity index (χ0v) is 16.3. The number of amides is 1. The van der Waals surface area contributed by atoms with Crippen LogP contribution in [-0.2, 0) is 25.9 Å². The number of benzene rings is 1. The third-order valence-electron chi connectivity index (χ3n) is 4.18. The van der Waals surface area contributed by atoms with Crippen molar-refractivity contribution in [2.24, 2.45) is 21.1 Å². The average Bonchev–Trinajstić information content (AvgIpc) is 3.01. The number of nitrogens with zero attached hydrogens (tertiary/aromatic N) is 5. The highest BCUT2D eigenvalue weighted by Gasteiger charge is 2.19. The van der Waals surface area contributed by atoms with Crippen molar-refractivity contribution in [1.82, 2.24) is 18.7 Å². The molecule has 152 valence electrons. The molecule has 2 heterocycles. The van der Waals surface area contributed by atoms with Crippen molar-refractivity contribution in [3.63, 3.8) is 0 Å². The molecule has 0 bridgehead atoms. The monoisotopic (exact) mass is 422 g/mol. The Bertz CT molecular complexity index is 1280. The van der Waals surface area contributed by atoms with Crippen LogP contribution in [0.3, 0.4) is 0 Å². The normalized spacial score (nSPS) is 11.0. The maximum Gasteiger partial charge on any atom is 0.332 e. The van der Waals surface area contributed by atoms with Crippen LogP contribution >= 0.6 is 11.8 Å². The summed E-state index contributed by atoms with van der Waals surface area (Å²) in [4.78, 5) is 50.6. The molecule has 3 rings (SSSR count). The van der Waals surface area contributed by atoms with Crippen molar-refractivity contribution in [1.29, 1.82) is 0 Å². The number of nitro benzene ring substituents is 1. The molecule has 0 radical (unpaired) electrons. The van der Waals surface area contributed by atoms with Gasteiger partial charge in [-0.15, -0.1) is 0 Å². The highest BCUT2D eigenvalue weighted by Crippen LogP contribution is 2.23. The minimum Gasteiger partial charge on any atom is -0.325 e. The van der Waals surface area contributed by atoms with Crippen LogP contribution in [-0.4, -0.2) is 35.3 Å². The Morgan fingerprint density at radius 2 is 1.93 bits per heavy atom. The van der Waals surface area contributed by atoms with E-state index in [0.717, 1.165) is 28.5 Å². The van der Waals surface area contributed by atoms with Crippen LogP contribution in [0.25, 0.3) is 11.2 Å². The SMILES string of the molecule is Cn1c(=O)c2nc(SCC(=O)Nc3ccc(F)c([N+](=O)[O-])c3)n(C)c2n(C)c1=O. The Morgan fingerprint density at radius 3 is 2.59 bits per heavy atom. The first-order chi connectivity index (χ1) is 13.6. The lowest BCUT2D eigenvalue weighted by Gasteiger charge is -2.07. The molecular weight excluding hydrogens is 407 g/mol. The smallest absolute Gasteiger partial charge is 0.325 e. The predicted molar refractivity (Wildman–Crippen MR) is 104 cm³/mol. The third kappa shape index (κ3) is 3.63. The molecule has 13 heteroatoms. The molecule has 0 aliphatic carbocycles. The summed E-state index contributed by atoms with van der Waals surface area (Å²) in [7, 11) is 4.47. The summed E-state index contributed by atoms with van der Waals surface area (Å²) in [6.07, 6.45) is 0. The highest BCUT2D eigenvalue weighted by atomic mass is 32.2. The lowest BCUT2D eigenvalue weighted by atomic mass is 10.2. The Labute approximate surface area is 165 Å². The van der Waals surface area contributed by atoms with Crippen LogP contribution in [0.5, 0.6) is 0 Å². The molecular formula is C16H15FN6O5S. The van der Waals surface area contributed by atoms with Gasteiger partial charge in [-0.1, -0.05) is 11.8 Å². The number of nitrogens with one attached hydrogen (secondary N) is 1. The molecule has 0 saturated heterocycles. The molecule has 1 amide bonds. The summed E-state index contributed by atoms with van der Waals surface area (Å²) in [5, 5.41) is 13.6. The molecule has 0 atom stereocenters. The van der Waals surface area contributed by atoms with Crippen LogP contribution in [0.1, 0.15) is 0 Å². The summed E-state index contributed by atoms with van der Waals surface area (Å²) in [6.45, 7) is 0. The zero-order chi connectivity index (χ0) is 21.5. The number of hydrogen-bond donors (Lipinski definition) is 1. The Morgan fingerprint density at radius 1 is 1.24 bits per heavy atom. The van der Waals surface area contributed by atoms with E-state index in [1.165, 1.54) is 29.3 Å². The Balaban J connectivity index is 1.81. The standard InChI is InChI=1S/C16H15FN6O5S/c1-20-13-12(14(25)22(3)16(26)21(13)2)19-15(20)29-7-11(24)18-8-4-5-9(17)10(6-8)23(27)28/h4-6H,7H2,1-3H3,(H,18,24). The number of halogens is 1. The first kappa shape index (κ1) is 20.3. The van der Waals surface area contributed by atoms with Crippen molar-refractivity contribution >= 4 is 40.2 Å². The van der Waals surface area contributed by atoms with Gasteiger partial charge in [0.05, 0.1) is 10.7 Å².